The second-order valence-corrected chi connectivity index (χ2v) is 4.99. The number of aryl methyl sites for hydroxylation is 1. The first-order valence-corrected chi connectivity index (χ1v) is 6.52. The Balaban J connectivity index is 2.00. The Morgan fingerprint density at radius 1 is 1.37 bits per heavy atom. The average molecular weight is 287 g/mol. The van der Waals surface area contributed by atoms with E-state index in [-0.39, 0.29) is 5.82 Å². The largest absolute Gasteiger partial charge is 0.419 e. The van der Waals surface area contributed by atoms with Crippen LogP contribution in [0, 0.1) is 6.92 Å². The zero-order valence-electron chi connectivity index (χ0n) is 10.2. The first-order valence-electron chi connectivity index (χ1n) is 5.64. The van der Waals surface area contributed by atoms with E-state index in [1.54, 1.807) is 0 Å². The van der Waals surface area contributed by atoms with Crippen LogP contribution in [0.15, 0.2) is 23.7 Å². The predicted octanol–water partition coefficient (Wildman–Crippen LogP) is 3.52. The summed E-state index contributed by atoms with van der Waals surface area (Å²) >= 11 is 1.52. The van der Waals surface area contributed by atoms with Crippen molar-refractivity contribution in [2.75, 3.05) is 11.9 Å². The van der Waals surface area contributed by atoms with Crippen LogP contribution in [-0.4, -0.2) is 16.5 Å². The van der Waals surface area contributed by atoms with Crippen LogP contribution >= 0.6 is 11.3 Å². The third kappa shape index (κ3) is 3.66. The van der Waals surface area contributed by atoms with Gasteiger partial charge < -0.3 is 5.32 Å². The van der Waals surface area contributed by atoms with Crippen molar-refractivity contribution in [3.05, 3.63) is 40.0 Å². The standard InChI is InChI=1S/C12H12F3N3S/c1-8-18-9(7-19-8)4-6-17-11-10(12(13,14)15)3-2-5-16-11/h2-3,5,7H,4,6H2,1H3,(H,16,17). The third-order valence-electron chi connectivity index (χ3n) is 2.45. The van der Waals surface area contributed by atoms with Crippen LogP contribution in [0.5, 0.6) is 0 Å². The maximum atomic E-state index is 12.7. The molecule has 0 radical (unpaired) electrons. The molecule has 2 rings (SSSR count). The Bertz CT molecular complexity index is 551. The van der Waals surface area contributed by atoms with Gasteiger partial charge in [-0.1, -0.05) is 0 Å². The van der Waals surface area contributed by atoms with Crippen LogP contribution < -0.4 is 5.32 Å². The Morgan fingerprint density at radius 2 is 2.16 bits per heavy atom. The van der Waals surface area contributed by atoms with E-state index in [1.165, 1.54) is 23.6 Å². The maximum absolute atomic E-state index is 12.7. The van der Waals surface area contributed by atoms with Gasteiger partial charge in [0.25, 0.3) is 0 Å². The summed E-state index contributed by atoms with van der Waals surface area (Å²) in [4.78, 5) is 7.98. The smallest absolute Gasteiger partial charge is 0.369 e. The summed E-state index contributed by atoms with van der Waals surface area (Å²) in [5, 5.41) is 5.56. The van der Waals surface area contributed by atoms with Crippen LogP contribution in [0.3, 0.4) is 0 Å². The number of anilines is 1. The number of halogens is 3. The second-order valence-electron chi connectivity index (χ2n) is 3.93. The normalized spacial score (nSPS) is 11.6. The number of hydrogen-bond acceptors (Lipinski definition) is 4. The Hall–Kier alpha value is -1.63. The summed E-state index contributed by atoms with van der Waals surface area (Å²) in [6.45, 7) is 2.26. The first-order chi connectivity index (χ1) is 8.97. The molecule has 0 saturated carbocycles. The lowest BCUT2D eigenvalue weighted by atomic mass is 10.2. The van der Waals surface area contributed by atoms with Gasteiger partial charge in [0.15, 0.2) is 0 Å². The monoisotopic (exact) mass is 287 g/mol. The molecule has 2 aromatic heterocycles. The van der Waals surface area contributed by atoms with E-state index in [4.69, 9.17) is 0 Å². The van der Waals surface area contributed by atoms with Crippen LogP contribution in [-0.2, 0) is 12.6 Å². The topological polar surface area (TPSA) is 37.8 Å². The average Bonchev–Trinajstić information content (AvgIpc) is 2.74. The van der Waals surface area contributed by atoms with Gasteiger partial charge in [-0.25, -0.2) is 9.97 Å². The fourth-order valence-corrected chi connectivity index (χ4v) is 2.25. The van der Waals surface area contributed by atoms with Crippen LogP contribution in [0.4, 0.5) is 19.0 Å². The molecule has 102 valence electrons. The van der Waals surface area contributed by atoms with Gasteiger partial charge in [-0.15, -0.1) is 11.3 Å². The predicted molar refractivity (Wildman–Crippen MR) is 68.3 cm³/mol. The number of aromatic nitrogens is 2. The summed E-state index contributed by atoms with van der Waals surface area (Å²) in [6.07, 6.45) is -2.49. The van der Waals surface area contributed by atoms with Gasteiger partial charge in [-0.3, -0.25) is 0 Å². The van der Waals surface area contributed by atoms with E-state index in [1.807, 2.05) is 12.3 Å². The second kappa shape index (κ2) is 5.56. The SMILES string of the molecule is Cc1nc(CCNc2ncccc2C(F)(F)F)cs1. The molecular weight excluding hydrogens is 275 g/mol. The Morgan fingerprint density at radius 3 is 2.79 bits per heavy atom. The van der Waals surface area contributed by atoms with Crippen molar-refractivity contribution in [2.45, 2.75) is 19.5 Å². The van der Waals surface area contributed by atoms with E-state index in [0.29, 0.717) is 13.0 Å². The number of rotatable bonds is 4. The molecule has 0 aliphatic heterocycles. The van der Waals surface area contributed by atoms with E-state index < -0.39 is 11.7 Å². The molecule has 2 heterocycles. The summed E-state index contributed by atoms with van der Waals surface area (Å²) in [7, 11) is 0. The summed E-state index contributed by atoms with van der Waals surface area (Å²) in [5.41, 5.74) is 0.129. The van der Waals surface area contributed by atoms with Crippen molar-refractivity contribution < 1.29 is 13.2 Å². The lowest BCUT2D eigenvalue weighted by Gasteiger charge is -2.12. The molecule has 0 aromatic carbocycles. The molecule has 0 bridgehead atoms. The highest BCUT2D eigenvalue weighted by atomic mass is 32.1. The minimum absolute atomic E-state index is 0.137. The molecule has 7 heteroatoms. The fraction of sp³-hybridized carbons (Fsp3) is 0.333. The molecule has 3 nitrogen and oxygen atoms in total. The Labute approximate surface area is 112 Å². The number of nitrogens with one attached hydrogen (secondary N) is 1. The molecule has 0 spiro atoms. The van der Waals surface area contributed by atoms with Gasteiger partial charge in [-0.2, -0.15) is 13.2 Å². The van der Waals surface area contributed by atoms with Crippen molar-refractivity contribution >= 4 is 17.2 Å². The van der Waals surface area contributed by atoms with Crippen LogP contribution in [0.25, 0.3) is 0 Å². The zero-order valence-corrected chi connectivity index (χ0v) is 11.0. The van der Waals surface area contributed by atoms with E-state index in [2.05, 4.69) is 15.3 Å². The minimum Gasteiger partial charge on any atom is -0.369 e. The highest BCUT2D eigenvalue weighted by molar-refractivity contribution is 7.09. The molecule has 0 unspecified atom stereocenters. The molecule has 0 amide bonds. The molecule has 0 aliphatic carbocycles. The molecule has 1 N–H and O–H groups in total. The van der Waals surface area contributed by atoms with Crippen molar-refractivity contribution in [3.63, 3.8) is 0 Å². The lowest BCUT2D eigenvalue weighted by molar-refractivity contribution is -0.137. The number of hydrogen-bond donors (Lipinski definition) is 1. The van der Waals surface area contributed by atoms with Crippen molar-refractivity contribution in [3.8, 4) is 0 Å². The molecule has 2 aromatic rings. The number of alkyl halides is 3. The van der Waals surface area contributed by atoms with Gasteiger partial charge in [0.05, 0.1) is 16.3 Å². The van der Waals surface area contributed by atoms with E-state index in [0.717, 1.165) is 16.8 Å². The van der Waals surface area contributed by atoms with Gasteiger partial charge in [0.2, 0.25) is 0 Å². The van der Waals surface area contributed by atoms with Crippen molar-refractivity contribution in [1.82, 2.24) is 9.97 Å². The molecule has 0 saturated heterocycles. The van der Waals surface area contributed by atoms with Gasteiger partial charge in [0.1, 0.15) is 5.82 Å². The van der Waals surface area contributed by atoms with Gasteiger partial charge in [-0.05, 0) is 19.1 Å². The van der Waals surface area contributed by atoms with Gasteiger partial charge in [0, 0.05) is 24.5 Å². The molecular formula is C12H12F3N3S. The maximum Gasteiger partial charge on any atom is 0.419 e. The highest BCUT2D eigenvalue weighted by Crippen LogP contribution is 2.33. The molecule has 19 heavy (non-hydrogen) atoms. The summed E-state index contributed by atoms with van der Waals surface area (Å²) in [5.74, 6) is -0.137. The third-order valence-corrected chi connectivity index (χ3v) is 3.28. The fourth-order valence-electron chi connectivity index (χ4n) is 1.61. The van der Waals surface area contributed by atoms with Crippen LogP contribution in [0.1, 0.15) is 16.3 Å². The zero-order chi connectivity index (χ0) is 13.9. The van der Waals surface area contributed by atoms with Crippen molar-refractivity contribution in [2.24, 2.45) is 0 Å². The molecule has 0 atom stereocenters. The van der Waals surface area contributed by atoms with Crippen molar-refractivity contribution in [1.29, 1.82) is 0 Å². The van der Waals surface area contributed by atoms with E-state index >= 15 is 0 Å². The summed E-state index contributed by atoms with van der Waals surface area (Å²) in [6, 6.07) is 2.29. The summed E-state index contributed by atoms with van der Waals surface area (Å²) < 4.78 is 38.1. The lowest BCUT2D eigenvalue weighted by Crippen LogP contribution is -2.14. The molecule has 0 aliphatic rings. The quantitative estimate of drug-likeness (QED) is 0.935. The van der Waals surface area contributed by atoms with E-state index in [9.17, 15) is 13.2 Å². The number of nitrogens with zero attached hydrogens (tertiary/aromatic N) is 2. The first kappa shape index (κ1) is 13.8. The number of thiazole rings is 1. The minimum atomic E-state index is -4.40. The Kier molecular flexibility index (Phi) is 4.04. The highest BCUT2D eigenvalue weighted by Gasteiger charge is 2.33. The van der Waals surface area contributed by atoms with Gasteiger partial charge >= 0.3 is 6.18 Å². The number of pyridine rings is 1. The van der Waals surface area contributed by atoms with Crippen LogP contribution in [0.2, 0.25) is 0 Å². The molecule has 0 fully saturated rings.